The van der Waals surface area contributed by atoms with Crippen LogP contribution in [0, 0.1) is 0 Å². The first-order chi connectivity index (χ1) is 7.66. The lowest BCUT2D eigenvalue weighted by atomic mass is 10.3. The fourth-order valence-corrected chi connectivity index (χ4v) is 1.59. The van der Waals surface area contributed by atoms with Crippen LogP contribution >= 0.6 is 27.5 Å². The molecule has 0 unspecified atom stereocenters. The van der Waals surface area contributed by atoms with Crippen molar-refractivity contribution in [3.63, 3.8) is 0 Å². The van der Waals surface area contributed by atoms with Crippen molar-refractivity contribution in [3.8, 4) is 11.6 Å². The van der Waals surface area contributed by atoms with Crippen LogP contribution in [0.4, 0.5) is 5.69 Å². The van der Waals surface area contributed by atoms with Crippen molar-refractivity contribution in [1.29, 1.82) is 0 Å². The van der Waals surface area contributed by atoms with Crippen molar-refractivity contribution in [3.05, 3.63) is 40.2 Å². The molecule has 1 aromatic carbocycles. The van der Waals surface area contributed by atoms with E-state index in [0.717, 1.165) is 4.47 Å². The Hall–Kier alpha value is -1.33. The van der Waals surface area contributed by atoms with E-state index in [9.17, 15) is 0 Å². The number of rotatable bonds is 2. The molecule has 1 aromatic heterocycles. The lowest BCUT2D eigenvalue weighted by molar-refractivity contribution is 0.464. The van der Waals surface area contributed by atoms with E-state index in [4.69, 9.17) is 22.1 Å². The van der Waals surface area contributed by atoms with E-state index in [1.54, 1.807) is 12.1 Å². The van der Waals surface area contributed by atoms with Gasteiger partial charge in [-0.3, -0.25) is 0 Å². The number of aromatic nitrogens is 2. The summed E-state index contributed by atoms with van der Waals surface area (Å²) in [6, 6.07) is 7.33. The molecule has 1 heterocycles. The highest BCUT2D eigenvalue weighted by molar-refractivity contribution is 9.10. The lowest BCUT2D eigenvalue weighted by Crippen LogP contribution is -1.97. The molecule has 0 bridgehead atoms. The van der Waals surface area contributed by atoms with Gasteiger partial charge in [0.15, 0.2) is 5.15 Å². The molecule has 16 heavy (non-hydrogen) atoms. The predicted molar refractivity (Wildman–Crippen MR) is 65.7 cm³/mol. The number of anilines is 1. The molecule has 0 atom stereocenters. The lowest BCUT2D eigenvalue weighted by Gasteiger charge is -2.07. The third-order valence-electron chi connectivity index (χ3n) is 1.81. The van der Waals surface area contributed by atoms with Gasteiger partial charge in [-0.25, -0.2) is 4.98 Å². The molecule has 0 spiro atoms. The Morgan fingerprint density at radius 1 is 1.31 bits per heavy atom. The zero-order chi connectivity index (χ0) is 11.5. The molecule has 0 aliphatic heterocycles. The SMILES string of the molecule is Nc1c(Cl)ncnc1Oc1cccc(Br)c1. The van der Waals surface area contributed by atoms with E-state index in [-0.39, 0.29) is 16.7 Å². The highest BCUT2D eigenvalue weighted by Gasteiger charge is 2.08. The van der Waals surface area contributed by atoms with E-state index in [2.05, 4.69) is 25.9 Å². The molecule has 4 nitrogen and oxygen atoms in total. The smallest absolute Gasteiger partial charge is 0.247 e. The normalized spacial score (nSPS) is 10.1. The number of nitrogen functional groups attached to an aromatic ring is 1. The summed E-state index contributed by atoms with van der Waals surface area (Å²) in [5, 5.41) is 0.181. The largest absolute Gasteiger partial charge is 0.437 e. The van der Waals surface area contributed by atoms with Gasteiger partial charge < -0.3 is 10.5 Å². The van der Waals surface area contributed by atoms with Crippen molar-refractivity contribution < 1.29 is 4.74 Å². The van der Waals surface area contributed by atoms with Crippen LogP contribution in [-0.4, -0.2) is 9.97 Å². The molecule has 0 saturated heterocycles. The zero-order valence-electron chi connectivity index (χ0n) is 8.02. The fourth-order valence-electron chi connectivity index (χ4n) is 1.08. The first kappa shape index (κ1) is 11.2. The van der Waals surface area contributed by atoms with Gasteiger partial charge in [0, 0.05) is 4.47 Å². The summed E-state index contributed by atoms with van der Waals surface area (Å²) in [6.45, 7) is 0. The molecule has 0 saturated carbocycles. The molecule has 0 aliphatic carbocycles. The molecule has 82 valence electrons. The monoisotopic (exact) mass is 299 g/mol. The van der Waals surface area contributed by atoms with Crippen LogP contribution in [0.5, 0.6) is 11.6 Å². The first-order valence-corrected chi connectivity index (χ1v) is 5.53. The van der Waals surface area contributed by atoms with Gasteiger partial charge in [-0.15, -0.1) is 0 Å². The molecule has 2 rings (SSSR count). The molecule has 0 aliphatic rings. The second-order valence-corrected chi connectivity index (χ2v) is 4.22. The summed E-state index contributed by atoms with van der Waals surface area (Å²) in [5.74, 6) is 0.869. The standard InChI is InChI=1S/C10H7BrClN3O/c11-6-2-1-3-7(4-6)16-10-8(13)9(12)14-5-15-10/h1-5H,13H2. The number of ether oxygens (including phenoxy) is 1. The minimum absolute atomic E-state index is 0.181. The van der Waals surface area contributed by atoms with Crippen molar-refractivity contribution in [1.82, 2.24) is 9.97 Å². The number of hydrogen-bond donors (Lipinski definition) is 1. The molecule has 2 aromatic rings. The van der Waals surface area contributed by atoms with Crippen LogP contribution in [0.25, 0.3) is 0 Å². The maximum atomic E-state index is 5.75. The Labute approximate surface area is 106 Å². The Kier molecular flexibility index (Phi) is 3.26. The van der Waals surface area contributed by atoms with E-state index >= 15 is 0 Å². The van der Waals surface area contributed by atoms with Crippen molar-refractivity contribution >= 4 is 33.2 Å². The highest BCUT2D eigenvalue weighted by atomic mass is 79.9. The molecule has 0 fully saturated rings. The maximum absolute atomic E-state index is 5.75. The minimum Gasteiger partial charge on any atom is -0.437 e. The number of nitrogens with zero attached hydrogens (tertiary/aromatic N) is 2. The number of benzene rings is 1. The summed E-state index contributed by atoms with van der Waals surface area (Å²) in [4.78, 5) is 7.64. The van der Waals surface area contributed by atoms with Gasteiger partial charge in [-0.1, -0.05) is 33.6 Å². The van der Waals surface area contributed by atoms with Crippen LogP contribution in [0.15, 0.2) is 35.1 Å². The summed E-state index contributed by atoms with van der Waals surface area (Å²) >= 11 is 9.08. The van der Waals surface area contributed by atoms with Crippen molar-refractivity contribution in [2.24, 2.45) is 0 Å². The quantitative estimate of drug-likeness (QED) is 0.865. The number of hydrogen-bond acceptors (Lipinski definition) is 4. The van der Waals surface area contributed by atoms with Crippen molar-refractivity contribution in [2.75, 3.05) is 5.73 Å². The summed E-state index contributed by atoms with van der Waals surface area (Å²) in [5.41, 5.74) is 5.90. The van der Waals surface area contributed by atoms with Gasteiger partial charge in [0.25, 0.3) is 0 Å². The average molecular weight is 301 g/mol. The van der Waals surface area contributed by atoms with E-state index in [1.807, 2.05) is 12.1 Å². The maximum Gasteiger partial charge on any atom is 0.247 e. The molecular formula is C10H7BrClN3O. The van der Waals surface area contributed by atoms with Gasteiger partial charge in [0.1, 0.15) is 17.8 Å². The van der Waals surface area contributed by atoms with Crippen LogP contribution in [0.2, 0.25) is 5.15 Å². The van der Waals surface area contributed by atoms with Crippen LogP contribution < -0.4 is 10.5 Å². The Morgan fingerprint density at radius 3 is 2.88 bits per heavy atom. The molecule has 0 radical (unpaired) electrons. The summed E-state index contributed by atoms with van der Waals surface area (Å²) in [7, 11) is 0. The molecular weight excluding hydrogens is 293 g/mol. The van der Waals surface area contributed by atoms with Crippen LogP contribution in [0.3, 0.4) is 0 Å². The third-order valence-corrected chi connectivity index (χ3v) is 2.60. The second kappa shape index (κ2) is 4.67. The molecule has 6 heteroatoms. The third kappa shape index (κ3) is 2.43. The van der Waals surface area contributed by atoms with E-state index < -0.39 is 0 Å². The number of nitrogens with two attached hydrogens (primary N) is 1. The fraction of sp³-hybridized carbons (Fsp3) is 0. The van der Waals surface area contributed by atoms with Crippen LogP contribution in [-0.2, 0) is 0 Å². The van der Waals surface area contributed by atoms with Crippen molar-refractivity contribution in [2.45, 2.75) is 0 Å². The zero-order valence-corrected chi connectivity index (χ0v) is 10.4. The first-order valence-electron chi connectivity index (χ1n) is 4.36. The van der Waals surface area contributed by atoms with E-state index in [0.29, 0.717) is 5.75 Å². The minimum atomic E-state index is 0.181. The average Bonchev–Trinajstić information content (AvgIpc) is 2.25. The predicted octanol–water partition coefficient (Wildman–Crippen LogP) is 3.27. The van der Waals surface area contributed by atoms with Crippen LogP contribution in [0.1, 0.15) is 0 Å². The topological polar surface area (TPSA) is 61.0 Å². The summed E-state index contributed by atoms with van der Waals surface area (Å²) < 4.78 is 6.39. The van der Waals surface area contributed by atoms with Gasteiger partial charge in [0.05, 0.1) is 0 Å². The van der Waals surface area contributed by atoms with Gasteiger partial charge in [-0.05, 0) is 18.2 Å². The van der Waals surface area contributed by atoms with Gasteiger partial charge >= 0.3 is 0 Å². The van der Waals surface area contributed by atoms with Gasteiger partial charge in [-0.2, -0.15) is 4.98 Å². The molecule has 0 amide bonds. The van der Waals surface area contributed by atoms with Gasteiger partial charge in [0.2, 0.25) is 5.88 Å². The van der Waals surface area contributed by atoms with E-state index in [1.165, 1.54) is 6.33 Å². The Morgan fingerprint density at radius 2 is 2.12 bits per heavy atom. The Balaban J connectivity index is 2.31. The highest BCUT2D eigenvalue weighted by Crippen LogP contribution is 2.29. The molecule has 2 N–H and O–H groups in total. The second-order valence-electron chi connectivity index (χ2n) is 2.94. The Bertz CT molecular complexity index is 521. The summed E-state index contributed by atoms with van der Waals surface area (Å²) in [6.07, 6.45) is 1.30. The number of halogens is 2.